The molecule has 0 aliphatic heterocycles. The minimum atomic E-state index is -0.881. The zero-order valence-electron chi connectivity index (χ0n) is 9.51. The fraction of sp³-hybridized carbons (Fsp3) is 0.231. The summed E-state index contributed by atoms with van der Waals surface area (Å²) in [6.07, 6.45) is 4.35. The largest absolute Gasteiger partial charge is 0.481 e. The van der Waals surface area contributed by atoms with E-state index in [1.807, 2.05) is 0 Å². The maximum atomic E-state index is 14.0. The molecule has 0 saturated heterocycles. The molecule has 0 bridgehead atoms. The highest BCUT2D eigenvalue weighted by atomic mass is 19.1. The fourth-order valence-electron chi connectivity index (χ4n) is 2.15. The zero-order valence-corrected chi connectivity index (χ0v) is 9.51. The monoisotopic (exact) mass is 246 g/mol. The average Bonchev–Trinajstić information content (AvgIpc) is 2.99. The molecule has 1 aliphatic carbocycles. The van der Waals surface area contributed by atoms with Crippen LogP contribution in [-0.4, -0.2) is 20.9 Å². The Morgan fingerprint density at radius 1 is 1.44 bits per heavy atom. The van der Waals surface area contributed by atoms with Gasteiger partial charge in [0.05, 0.1) is 5.41 Å². The summed E-state index contributed by atoms with van der Waals surface area (Å²) in [5.74, 6) is -1.34. The fourth-order valence-corrected chi connectivity index (χ4v) is 2.15. The van der Waals surface area contributed by atoms with Gasteiger partial charge < -0.3 is 5.11 Å². The van der Waals surface area contributed by atoms with E-state index in [0.717, 1.165) is 0 Å². The Hall–Kier alpha value is -2.17. The van der Waals surface area contributed by atoms with Crippen LogP contribution in [0.25, 0.3) is 5.69 Å². The molecule has 2 aromatic rings. The van der Waals surface area contributed by atoms with Crippen molar-refractivity contribution < 1.29 is 14.3 Å². The Labute approximate surface area is 103 Å². The van der Waals surface area contributed by atoms with Gasteiger partial charge in [0.15, 0.2) is 0 Å². The number of halogens is 1. The van der Waals surface area contributed by atoms with E-state index >= 15 is 0 Å². The Bertz CT molecular complexity index is 603. The van der Waals surface area contributed by atoms with Gasteiger partial charge in [-0.3, -0.25) is 4.79 Å². The van der Waals surface area contributed by atoms with E-state index in [2.05, 4.69) is 5.10 Å². The molecule has 0 atom stereocenters. The second-order valence-electron chi connectivity index (χ2n) is 4.50. The van der Waals surface area contributed by atoms with Crippen molar-refractivity contribution in [2.24, 2.45) is 0 Å². The molecule has 0 spiro atoms. The third kappa shape index (κ3) is 1.51. The lowest BCUT2D eigenvalue weighted by molar-refractivity contribution is -0.140. The van der Waals surface area contributed by atoms with Gasteiger partial charge in [0, 0.05) is 12.4 Å². The highest BCUT2D eigenvalue weighted by Gasteiger charge is 2.51. The number of hydrogen-bond donors (Lipinski definition) is 1. The number of hydrogen-bond acceptors (Lipinski definition) is 2. The van der Waals surface area contributed by atoms with Gasteiger partial charge in [-0.05, 0) is 36.6 Å². The quantitative estimate of drug-likeness (QED) is 0.902. The molecule has 0 amide bonds. The second kappa shape index (κ2) is 3.66. The first-order valence-corrected chi connectivity index (χ1v) is 5.67. The lowest BCUT2D eigenvalue weighted by Gasteiger charge is -2.11. The van der Waals surface area contributed by atoms with Crippen molar-refractivity contribution in [2.45, 2.75) is 18.3 Å². The minimum Gasteiger partial charge on any atom is -0.481 e. The Morgan fingerprint density at radius 2 is 2.22 bits per heavy atom. The molecule has 1 saturated carbocycles. The molecule has 1 aromatic heterocycles. The van der Waals surface area contributed by atoms with Crippen molar-refractivity contribution in [1.29, 1.82) is 0 Å². The normalized spacial score (nSPS) is 16.5. The maximum Gasteiger partial charge on any atom is 0.314 e. The Balaban J connectivity index is 2.03. The first kappa shape index (κ1) is 11.0. The van der Waals surface area contributed by atoms with Gasteiger partial charge in [-0.1, -0.05) is 6.07 Å². The van der Waals surface area contributed by atoms with E-state index < -0.39 is 17.2 Å². The second-order valence-corrected chi connectivity index (χ2v) is 4.50. The van der Waals surface area contributed by atoms with Crippen molar-refractivity contribution in [2.75, 3.05) is 0 Å². The molecular formula is C13H11FN2O2. The molecule has 1 aromatic carbocycles. The van der Waals surface area contributed by atoms with Crippen LogP contribution in [0.4, 0.5) is 4.39 Å². The summed E-state index contributed by atoms with van der Waals surface area (Å²) in [6, 6.07) is 6.24. The zero-order chi connectivity index (χ0) is 12.8. The highest BCUT2D eigenvalue weighted by molar-refractivity contribution is 5.85. The summed E-state index contributed by atoms with van der Waals surface area (Å²) in [4.78, 5) is 11.2. The third-order valence-corrected chi connectivity index (χ3v) is 3.41. The molecular weight excluding hydrogens is 235 g/mol. The predicted octanol–water partition coefficient (Wildman–Crippen LogP) is 2.13. The van der Waals surface area contributed by atoms with E-state index in [9.17, 15) is 9.18 Å². The summed E-state index contributed by atoms with van der Waals surface area (Å²) in [7, 11) is 0. The molecule has 1 N–H and O–H groups in total. The van der Waals surface area contributed by atoms with Crippen molar-refractivity contribution in [3.05, 3.63) is 48.0 Å². The predicted molar refractivity (Wildman–Crippen MR) is 62.1 cm³/mol. The number of carbonyl (C=O) groups is 1. The van der Waals surface area contributed by atoms with Gasteiger partial charge in [-0.2, -0.15) is 5.10 Å². The molecule has 92 valence electrons. The molecule has 5 heteroatoms. The number of benzene rings is 1. The molecule has 0 radical (unpaired) electrons. The maximum absolute atomic E-state index is 14.0. The topological polar surface area (TPSA) is 55.1 Å². The van der Waals surface area contributed by atoms with Crippen LogP contribution in [0.3, 0.4) is 0 Å². The van der Waals surface area contributed by atoms with E-state index in [1.165, 1.54) is 10.7 Å². The molecule has 3 rings (SSSR count). The van der Waals surface area contributed by atoms with Gasteiger partial charge in [0.1, 0.15) is 11.5 Å². The molecule has 18 heavy (non-hydrogen) atoms. The molecule has 1 aliphatic rings. The first-order valence-electron chi connectivity index (χ1n) is 5.67. The van der Waals surface area contributed by atoms with Crippen molar-refractivity contribution >= 4 is 5.97 Å². The van der Waals surface area contributed by atoms with Crippen LogP contribution in [0.1, 0.15) is 18.4 Å². The van der Waals surface area contributed by atoms with Crippen LogP contribution in [0.2, 0.25) is 0 Å². The minimum absolute atomic E-state index is 0.324. The lowest BCUT2D eigenvalue weighted by atomic mass is 9.96. The molecule has 1 fully saturated rings. The van der Waals surface area contributed by atoms with Crippen molar-refractivity contribution in [3.8, 4) is 5.69 Å². The van der Waals surface area contributed by atoms with E-state index in [0.29, 0.717) is 24.1 Å². The standard InChI is InChI=1S/C13H11FN2O2/c14-10-8-9(13(4-5-13)12(17)18)2-3-11(10)16-7-1-6-15-16/h1-3,6-8H,4-5H2,(H,17,18). The van der Waals surface area contributed by atoms with Crippen LogP contribution in [0.15, 0.2) is 36.7 Å². The molecule has 0 unspecified atom stereocenters. The number of carboxylic acids is 1. The summed E-state index contributed by atoms with van der Waals surface area (Å²) in [5, 5.41) is 13.1. The Kier molecular flexibility index (Phi) is 2.23. The summed E-state index contributed by atoms with van der Waals surface area (Å²) in [6.45, 7) is 0. The summed E-state index contributed by atoms with van der Waals surface area (Å²) < 4.78 is 15.4. The Morgan fingerprint density at radius 3 is 2.72 bits per heavy atom. The average molecular weight is 246 g/mol. The smallest absolute Gasteiger partial charge is 0.314 e. The molecule has 4 nitrogen and oxygen atoms in total. The third-order valence-electron chi connectivity index (χ3n) is 3.41. The van der Waals surface area contributed by atoms with Crippen LogP contribution in [0, 0.1) is 5.82 Å². The van der Waals surface area contributed by atoms with Crippen LogP contribution < -0.4 is 0 Å². The van der Waals surface area contributed by atoms with Crippen LogP contribution in [-0.2, 0) is 10.2 Å². The summed E-state index contributed by atoms with van der Waals surface area (Å²) in [5.41, 5.74) is -0.0166. The van der Waals surface area contributed by atoms with E-state index in [1.54, 1.807) is 30.6 Å². The van der Waals surface area contributed by atoms with Gasteiger partial charge in [-0.15, -0.1) is 0 Å². The number of carboxylic acid groups (broad SMARTS) is 1. The number of aliphatic carboxylic acids is 1. The van der Waals surface area contributed by atoms with Crippen LogP contribution in [0.5, 0.6) is 0 Å². The van der Waals surface area contributed by atoms with Crippen LogP contribution >= 0.6 is 0 Å². The van der Waals surface area contributed by atoms with Crippen molar-refractivity contribution in [3.63, 3.8) is 0 Å². The van der Waals surface area contributed by atoms with Gasteiger partial charge >= 0.3 is 5.97 Å². The van der Waals surface area contributed by atoms with E-state index in [4.69, 9.17) is 5.11 Å². The summed E-state index contributed by atoms with van der Waals surface area (Å²) >= 11 is 0. The van der Waals surface area contributed by atoms with Gasteiger partial charge in [-0.25, -0.2) is 9.07 Å². The van der Waals surface area contributed by atoms with Gasteiger partial charge in [0.2, 0.25) is 0 Å². The van der Waals surface area contributed by atoms with Crippen molar-refractivity contribution in [1.82, 2.24) is 9.78 Å². The number of nitrogens with zero attached hydrogens (tertiary/aromatic N) is 2. The first-order chi connectivity index (χ1) is 8.63. The molecule has 1 heterocycles. The number of rotatable bonds is 3. The lowest BCUT2D eigenvalue weighted by Crippen LogP contribution is -2.19. The van der Waals surface area contributed by atoms with Gasteiger partial charge in [0.25, 0.3) is 0 Å². The SMILES string of the molecule is O=C(O)C1(c2ccc(-n3cccn3)c(F)c2)CC1. The number of aromatic nitrogens is 2. The van der Waals surface area contributed by atoms with E-state index in [-0.39, 0.29) is 0 Å². The highest BCUT2D eigenvalue weighted by Crippen LogP contribution is 2.48.